The predicted octanol–water partition coefficient (Wildman–Crippen LogP) is 1.65. The van der Waals surface area contributed by atoms with E-state index in [9.17, 15) is 9.59 Å². The first-order valence-corrected chi connectivity index (χ1v) is 9.79. The minimum atomic E-state index is -0.179. The standard InChI is InChI=1S/C20H27N3O3/c1-2-15-6-5-14(10-21-15)20(25)23-11-17(16-7-8-26-18(16)12-23)19(24)22-9-13-3-4-13/h5-6,10,13,16-18H,2-4,7-9,11-12H2,1H3,(H,22,24)/t16-,17-,18+/m0/s1. The number of hydrogen-bond acceptors (Lipinski definition) is 4. The van der Waals surface area contributed by atoms with Crippen LogP contribution in [0.4, 0.5) is 0 Å². The molecule has 3 fully saturated rings. The number of nitrogens with one attached hydrogen (secondary N) is 1. The zero-order valence-electron chi connectivity index (χ0n) is 15.3. The Labute approximate surface area is 154 Å². The molecule has 3 aliphatic rings. The van der Waals surface area contributed by atoms with Gasteiger partial charge >= 0.3 is 0 Å². The monoisotopic (exact) mass is 357 g/mol. The number of aryl methyl sites for hydroxylation is 1. The third kappa shape index (κ3) is 3.61. The second-order valence-electron chi connectivity index (χ2n) is 7.76. The maximum Gasteiger partial charge on any atom is 0.255 e. The van der Waals surface area contributed by atoms with E-state index in [0.717, 1.165) is 25.1 Å². The van der Waals surface area contributed by atoms with E-state index in [-0.39, 0.29) is 29.8 Å². The van der Waals surface area contributed by atoms with Crippen LogP contribution < -0.4 is 5.32 Å². The maximum atomic E-state index is 12.9. The van der Waals surface area contributed by atoms with Crippen LogP contribution in [0, 0.1) is 17.8 Å². The highest BCUT2D eigenvalue weighted by Crippen LogP contribution is 2.35. The molecule has 3 atom stereocenters. The molecule has 4 rings (SSSR count). The van der Waals surface area contributed by atoms with Crippen LogP contribution in [0.5, 0.6) is 0 Å². The zero-order valence-corrected chi connectivity index (χ0v) is 15.3. The van der Waals surface area contributed by atoms with E-state index in [2.05, 4.69) is 10.3 Å². The average Bonchev–Trinajstić information content (AvgIpc) is 3.39. The lowest BCUT2D eigenvalue weighted by atomic mass is 9.82. The summed E-state index contributed by atoms with van der Waals surface area (Å²) in [5.41, 5.74) is 1.55. The number of amides is 2. The Morgan fingerprint density at radius 1 is 1.27 bits per heavy atom. The van der Waals surface area contributed by atoms with Crippen LogP contribution in [0.15, 0.2) is 18.3 Å². The summed E-state index contributed by atoms with van der Waals surface area (Å²) in [5.74, 6) is 0.711. The zero-order chi connectivity index (χ0) is 18.1. The fourth-order valence-corrected chi connectivity index (χ4v) is 4.06. The lowest BCUT2D eigenvalue weighted by molar-refractivity contribution is -0.130. The van der Waals surface area contributed by atoms with Gasteiger partial charge in [0.05, 0.1) is 17.6 Å². The topological polar surface area (TPSA) is 71.5 Å². The number of rotatable bonds is 5. The molecule has 3 heterocycles. The second-order valence-corrected chi connectivity index (χ2v) is 7.76. The molecule has 1 aliphatic carbocycles. The molecule has 0 aromatic carbocycles. The lowest BCUT2D eigenvalue weighted by Crippen LogP contribution is -2.54. The van der Waals surface area contributed by atoms with Crippen LogP contribution >= 0.6 is 0 Å². The fraction of sp³-hybridized carbons (Fsp3) is 0.650. The van der Waals surface area contributed by atoms with Gasteiger partial charge in [0.15, 0.2) is 0 Å². The van der Waals surface area contributed by atoms with E-state index in [1.54, 1.807) is 11.1 Å². The molecule has 0 spiro atoms. The van der Waals surface area contributed by atoms with Gasteiger partial charge in [0.25, 0.3) is 5.91 Å². The molecular weight excluding hydrogens is 330 g/mol. The van der Waals surface area contributed by atoms with Gasteiger partial charge in [-0.25, -0.2) is 0 Å². The van der Waals surface area contributed by atoms with E-state index < -0.39 is 0 Å². The van der Waals surface area contributed by atoms with Gasteiger partial charge in [-0.1, -0.05) is 6.92 Å². The van der Waals surface area contributed by atoms with E-state index in [0.29, 0.717) is 31.2 Å². The minimum absolute atomic E-state index is 0.0350. The van der Waals surface area contributed by atoms with Crippen molar-refractivity contribution in [3.8, 4) is 0 Å². The van der Waals surface area contributed by atoms with Crippen LogP contribution in [-0.2, 0) is 16.0 Å². The highest BCUT2D eigenvalue weighted by atomic mass is 16.5. The molecule has 2 amide bonds. The Balaban J connectivity index is 1.46. The molecule has 0 bridgehead atoms. The molecule has 26 heavy (non-hydrogen) atoms. The molecule has 1 aromatic heterocycles. The molecule has 2 saturated heterocycles. The number of hydrogen-bond donors (Lipinski definition) is 1. The smallest absolute Gasteiger partial charge is 0.255 e. The molecular formula is C20H27N3O3. The summed E-state index contributed by atoms with van der Waals surface area (Å²) >= 11 is 0. The quantitative estimate of drug-likeness (QED) is 0.870. The number of pyridine rings is 1. The predicted molar refractivity (Wildman–Crippen MR) is 96.6 cm³/mol. The first kappa shape index (κ1) is 17.5. The van der Waals surface area contributed by atoms with Crippen molar-refractivity contribution in [1.29, 1.82) is 0 Å². The van der Waals surface area contributed by atoms with E-state index >= 15 is 0 Å². The summed E-state index contributed by atoms with van der Waals surface area (Å²) in [5, 5.41) is 3.10. The number of likely N-dealkylation sites (tertiary alicyclic amines) is 1. The van der Waals surface area contributed by atoms with Crippen molar-refractivity contribution < 1.29 is 14.3 Å². The van der Waals surface area contributed by atoms with Gasteiger partial charge in [0, 0.05) is 44.0 Å². The summed E-state index contributed by atoms with van der Waals surface area (Å²) in [6, 6.07) is 3.73. The summed E-state index contributed by atoms with van der Waals surface area (Å²) < 4.78 is 5.84. The SMILES string of the molecule is CCc1ccc(C(=O)N2C[C@H](C(=O)NCC3CC3)[C@@H]3CCO[C@@H]3C2)cn1. The summed E-state index contributed by atoms with van der Waals surface area (Å²) in [4.78, 5) is 31.8. The van der Waals surface area contributed by atoms with Crippen molar-refractivity contribution in [3.05, 3.63) is 29.6 Å². The molecule has 1 saturated carbocycles. The molecule has 1 N–H and O–H groups in total. The maximum absolute atomic E-state index is 12.9. The van der Waals surface area contributed by atoms with Crippen molar-refractivity contribution >= 4 is 11.8 Å². The van der Waals surface area contributed by atoms with Gasteiger partial charge < -0.3 is 15.0 Å². The summed E-state index contributed by atoms with van der Waals surface area (Å²) in [7, 11) is 0. The van der Waals surface area contributed by atoms with Crippen molar-refractivity contribution in [1.82, 2.24) is 15.2 Å². The van der Waals surface area contributed by atoms with E-state index in [4.69, 9.17) is 4.74 Å². The summed E-state index contributed by atoms with van der Waals surface area (Å²) in [6.07, 6.45) is 5.79. The van der Waals surface area contributed by atoms with Crippen LogP contribution in [0.1, 0.15) is 42.2 Å². The molecule has 0 unspecified atom stereocenters. The van der Waals surface area contributed by atoms with Gasteiger partial charge in [0.2, 0.25) is 5.91 Å². The van der Waals surface area contributed by atoms with Crippen LogP contribution in [0.2, 0.25) is 0 Å². The third-order valence-electron chi connectivity index (χ3n) is 5.91. The van der Waals surface area contributed by atoms with Crippen LogP contribution in [0.3, 0.4) is 0 Å². The largest absolute Gasteiger partial charge is 0.376 e. The molecule has 6 heteroatoms. The van der Waals surface area contributed by atoms with E-state index in [1.807, 2.05) is 19.1 Å². The average molecular weight is 357 g/mol. The lowest BCUT2D eigenvalue weighted by Gasteiger charge is -2.39. The molecule has 1 aromatic rings. The van der Waals surface area contributed by atoms with Crippen molar-refractivity contribution in [3.63, 3.8) is 0 Å². The van der Waals surface area contributed by atoms with Crippen molar-refractivity contribution in [2.45, 2.75) is 38.7 Å². The molecule has 0 radical (unpaired) electrons. The second kappa shape index (κ2) is 7.35. The number of carbonyl (C=O) groups excluding carboxylic acids is 2. The minimum Gasteiger partial charge on any atom is -0.376 e. The van der Waals surface area contributed by atoms with Crippen LogP contribution in [-0.4, -0.2) is 54.0 Å². The molecule has 140 valence electrons. The van der Waals surface area contributed by atoms with Crippen molar-refractivity contribution in [2.24, 2.45) is 17.8 Å². The van der Waals surface area contributed by atoms with Gasteiger partial charge in [-0.2, -0.15) is 0 Å². The van der Waals surface area contributed by atoms with Gasteiger partial charge in [-0.05, 0) is 43.7 Å². The molecule has 2 aliphatic heterocycles. The first-order valence-electron chi connectivity index (χ1n) is 9.79. The first-order chi connectivity index (χ1) is 12.7. The Bertz CT molecular complexity index is 671. The number of piperidine rings is 1. The van der Waals surface area contributed by atoms with Crippen molar-refractivity contribution in [2.75, 3.05) is 26.2 Å². The van der Waals surface area contributed by atoms with Gasteiger partial charge in [-0.15, -0.1) is 0 Å². The Kier molecular flexibility index (Phi) is 4.94. The Hall–Kier alpha value is -1.95. The van der Waals surface area contributed by atoms with Gasteiger partial charge in [0.1, 0.15) is 0 Å². The number of fused-ring (bicyclic) bond motifs is 1. The van der Waals surface area contributed by atoms with E-state index in [1.165, 1.54) is 12.8 Å². The highest BCUT2D eigenvalue weighted by molar-refractivity contribution is 5.94. The number of aromatic nitrogens is 1. The normalized spacial score (nSPS) is 27.9. The number of nitrogens with zero attached hydrogens (tertiary/aromatic N) is 2. The van der Waals surface area contributed by atoms with Gasteiger partial charge in [-0.3, -0.25) is 14.6 Å². The number of ether oxygens (including phenoxy) is 1. The Morgan fingerprint density at radius 3 is 2.81 bits per heavy atom. The highest BCUT2D eigenvalue weighted by Gasteiger charge is 2.45. The molecule has 6 nitrogen and oxygen atoms in total. The fourth-order valence-electron chi connectivity index (χ4n) is 4.06. The number of carbonyl (C=O) groups is 2. The van der Waals surface area contributed by atoms with Crippen LogP contribution in [0.25, 0.3) is 0 Å². The summed E-state index contributed by atoms with van der Waals surface area (Å²) in [6.45, 7) is 4.51. The third-order valence-corrected chi connectivity index (χ3v) is 5.91. The Morgan fingerprint density at radius 2 is 2.12 bits per heavy atom.